The van der Waals surface area contributed by atoms with Crippen LogP contribution in [0.25, 0.3) is 0 Å². The van der Waals surface area contributed by atoms with Crippen LogP contribution in [0.2, 0.25) is 0 Å². The van der Waals surface area contributed by atoms with Gasteiger partial charge < -0.3 is 17.3 Å². The summed E-state index contributed by atoms with van der Waals surface area (Å²) in [5.41, 5.74) is 0. The second kappa shape index (κ2) is 12.2. The molecule has 8 heteroatoms. The Hall–Kier alpha value is -1.34. The van der Waals surface area contributed by atoms with Gasteiger partial charge >= 0.3 is 13.7 Å². The van der Waals surface area contributed by atoms with Gasteiger partial charge in [0.05, 0.1) is 6.54 Å². The maximum absolute atomic E-state index is 10.5. The number of hydrogen-bond acceptors (Lipinski definition) is 1. The number of aromatic nitrogens is 2. The van der Waals surface area contributed by atoms with E-state index in [1.807, 2.05) is 12.5 Å². The Labute approximate surface area is 129 Å². The molecule has 0 aliphatic carbocycles. The molecule has 1 rings (SSSR count). The lowest BCUT2D eigenvalue weighted by molar-refractivity contribution is -0.696. The number of carbonyl (C=O) groups excluding carboxylic acids is 1. The molecule has 0 radical (unpaired) electrons. The molecule has 0 bridgehead atoms. The lowest BCUT2D eigenvalue weighted by Crippen LogP contribution is -2.30. The zero-order chi connectivity index (χ0) is 16.8. The van der Waals surface area contributed by atoms with Crippen molar-refractivity contribution in [3.05, 3.63) is 18.7 Å². The first-order valence-electron chi connectivity index (χ1n) is 7.76. The van der Waals surface area contributed by atoms with Gasteiger partial charge in [-0.3, -0.25) is 4.79 Å². The lowest BCUT2D eigenvalue weighted by atomic mass is 10.1. The first-order chi connectivity index (χ1) is 10.4. The van der Waals surface area contributed by atoms with Gasteiger partial charge in [0.2, 0.25) is 0 Å². The molecule has 0 aliphatic heterocycles. The summed E-state index contributed by atoms with van der Waals surface area (Å²) in [6.45, 7) is 3.28. The third-order valence-corrected chi connectivity index (χ3v) is 3.10. The van der Waals surface area contributed by atoms with Gasteiger partial charge in [0, 0.05) is 0 Å². The number of unbranched alkanes of at least 4 members (excludes halogenated alkanes) is 7. The van der Waals surface area contributed by atoms with Crippen LogP contribution in [0.15, 0.2) is 18.7 Å². The van der Waals surface area contributed by atoms with Gasteiger partial charge in [-0.05, 0) is 12.8 Å². The largest absolute Gasteiger partial charge is 0.673 e. The second-order valence-corrected chi connectivity index (χ2v) is 5.17. The van der Waals surface area contributed by atoms with E-state index >= 15 is 0 Å². The summed E-state index contributed by atoms with van der Waals surface area (Å²) in [6.07, 6.45) is 17.1. The summed E-state index contributed by atoms with van der Waals surface area (Å²) in [5, 5.41) is 0. The van der Waals surface area contributed by atoms with E-state index in [0.29, 0.717) is 0 Å². The molecule has 0 saturated carbocycles. The second-order valence-electron chi connectivity index (χ2n) is 5.17. The van der Waals surface area contributed by atoms with Crippen molar-refractivity contribution in [3.8, 4) is 0 Å². The zero-order valence-corrected chi connectivity index (χ0v) is 13.1. The van der Waals surface area contributed by atoms with Crippen molar-refractivity contribution in [2.75, 3.05) is 0 Å². The highest BCUT2D eigenvalue weighted by atomic mass is 19.5. The minimum Gasteiger partial charge on any atom is -0.418 e. The number of aryl methyl sites for hydroxylation is 1. The van der Waals surface area contributed by atoms with Gasteiger partial charge in [-0.15, -0.1) is 0 Å². The van der Waals surface area contributed by atoms with Gasteiger partial charge in [-0.1, -0.05) is 45.4 Å². The zero-order valence-electron chi connectivity index (χ0n) is 13.1. The molecule has 1 heterocycles. The molecule has 1 aromatic heterocycles. The predicted octanol–water partition coefficient (Wildman–Crippen LogP) is 4.25. The van der Waals surface area contributed by atoms with Crippen LogP contribution in [-0.2, 0) is 11.3 Å². The van der Waals surface area contributed by atoms with E-state index < -0.39 is 7.25 Å². The normalized spacial score (nSPS) is 11.0. The summed E-state index contributed by atoms with van der Waals surface area (Å²) in [6, 6.07) is 0. The van der Waals surface area contributed by atoms with E-state index in [4.69, 9.17) is 0 Å². The van der Waals surface area contributed by atoms with Crippen molar-refractivity contribution in [2.45, 2.75) is 64.8 Å². The Morgan fingerprint density at radius 1 is 1.00 bits per heavy atom. The number of nitrogens with zero attached hydrogens (tertiary/aromatic N) is 2. The van der Waals surface area contributed by atoms with Crippen LogP contribution < -0.4 is 4.57 Å². The van der Waals surface area contributed by atoms with Crippen LogP contribution in [-0.4, -0.2) is 18.2 Å². The maximum atomic E-state index is 10.5. The van der Waals surface area contributed by atoms with Crippen molar-refractivity contribution in [1.82, 2.24) is 4.57 Å². The summed E-state index contributed by atoms with van der Waals surface area (Å²) in [5.74, 6) is 0. The van der Waals surface area contributed by atoms with Gasteiger partial charge in [0.25, 0.3) is 6.33 Å². The monoisotopic (exact) mass is 324 g/mol. The van der Waals surface area contributed by atoms with Crippen LogP contribution >= 0.6 is 0 Å². The molecule has 0 saturated heterocycles. The fourth-order valence-electron chi connectivity index (χ4n) is 2.03. The minimum atomic E-state index is -6.00. The molecule has 22 heavy (non-hydrogen) atoms. The molecule has 0 fully saturated rings. The van der Waals surface area contributed by atoms with E-state index in [0.717, 1.165) is 13.0 Å². The average Bonchev–Trinajstić information content (AvgIpc) is 2.88. The fraction of sp³-hybridized carbons (Fsp3) is 0.714. The lowest BCUT2D eigenvalue weighted by Gasteiger charge is -2.00. The summed E-state index contributed by atoms with van der Waals surface area (Å²) < 4.78 is 42.6. The molecule has 3 nitrogen and oxygen atoms in total. The van der Waals surface area contributed by atoms with Crippen molar-refractivity contribution in [3.63, 3.8) is 0 Å². The highest BCUT2D eigenvalue weighted by Crippen LogP contribution is 2.08. The number of imidazole rings is 1. The highest BCUT2D eigenvalue weighted by Gasteiger charge is 2.20. The van der Waals surface area contributed by atoms with Crippen LogP contribution in [0.5, 0.6) is 0 Å². The van der Waals surface area contributed by atoms with Crippen LogP contribution in [0.3, 0.4) is 0 Å². The number of carbonyl (C=O) groups is 1. The maximum Gasteiger partial charge on any atom is 0.673 e. The molecule has 0 aromatic carbocycles. The predicted molar refractivity (Wildman–Crippen MR) is 79.6 cm³/mol. The first kappa shape index (κ1) is 20.7. The van der Waals surface area contributed by atoms with Crippen LogP contribution in [0, 0.1) is 0 Å². The molecule has 128 valence electrons. The molecule has 0 N–H and O–H groups in total. The minimum absolute atomic E-state index is 0.824. The third kappa shape index (κ3) is 15.1. The summed E-state index contributed by atoms with van der Waals surface area (Å²) in [4.78, 5) is 10.5. The van der Waals surface area contributed by atoms with Gasteiger partial charge in [-0.2, -0.15) is 4.57 Å². The number of rotatable bonds is 10. The Morgan fingerprint density at radius 2 is 1.50 bits per heavy atom. The molecule has 0 unspecified atom stereocenters. The van der Waals surface area contributed by atoms with E-state index in [2.05, 4.69) is 11.5 Å². The fourth-order valence-corrected chi connectivity index (χ4v) is 2.03. The Morgan fingerprint density at radius 3 is 1.95 bits per heavy atom. The summed E-state index contributed by atoms with van der Waals surface area (Å²) in [7, 11) is -6.00. The molecule has 0 amide bonds. The molecular formula is C14H25BF4N2O. The standard InChI is InChI=1S/C14H25N2O.BF4/c1-2-3-4-5-6-7-8-9-10-15-11-12-16(13-15)14-17;2-1(3,4)5/h11-14H,2-10H2,1H3;/q+1;-1. The molecule has 0 spiro atoms. The topological polar surface area (TPSA) is 25.9 Å². The average molecular weight is 324 g/mol. The van der Waals surface area contributed by atoms with Crippen molar-refractivity contribution in [1.29, 1.82) is 0 Å². The van der Waals surface area contributed by atoms with E-state index in [1.165, 1.54) is 51.4 Å². The van der Waals surface area contributed by atoms with Crippen molar-refractivity contribution >= 4 is 13.7 Å². The van der Waals surface area contributed by atoms with Gasteiger partial charge in [-0.25, -0.2) is 4.57 Å². The molecular weight excluding hydrogens is 299 g/mol. The molecule has 0 atom stereocenters. The van der Waals surface area contributed by atoms with Gasteiger partial charge in [0.1, 0.15) is 12.4 Å². The van der Waals surface area contributed by atoms with Crippen molar-refractivity contribution < 1.29 is 26.6 Å². The van der Waals surface area contributed by atoms with Crippen LogP contribution in [0.4, 0.5) is 17.3 Å². The number of hydrogen-bond donors (Lipinski definition) is 0. The molecule has 1 aromatic rings. The number of halogens is 4. The first-order valence-corrected chi connectivity index (χ1v) is 7.76. The van der Waals surface area contributed by atoms with Crippen molar-refractivity contribution in [2.24, 2.45) is 0 Å². The Kier molecular flexibility index (Phi) is 11.5. The summed E-state index contributed by atoms with van der Waals surface area (Å²) >= 11 is 0. The Bertz CT molecular complexity index is 390. The van der Waals surface area contributed by atoms with Gasteiger partial charge in [0.15, 0.2) is 0 Å². The SMILES string of the molecule is CCCCCCCCCC[n+]1ccn(C=O)c1.F[B-](F)(F)F. The van der Waals surface area contributed by atoms with E-state index in [9.17, 15) is 22.1 Å². The molecule has 0 aliphatic rings. The quantitative estimate of drug-likeness (QED) is 0.208. The van der Waals surface area contributed by atoms with Crippen LogP contribution in [0.1, 0.15) is 58.3 Å². The van der Waals surface area contributed by atoms with E-state index in [-0.39, 0.29) is 0 Å². The third-order valence-electron chi connectivity index (χ3n) is 3.10. The smallest absolute Gasteiger partial charge is 0.418 e. The highest BCUT2D eigenvalue weighted by molar-refractivity contribution is 6.50. The Balaban J connectivity index is 0.000000763. The van der Waals surface area contributed by atoms with E-state index in [1.54, 1.807) is 10.8 Å².